The van der Waals surface area contributed by atoms with Crippen molar-refractivity contribution in [1.82, 2.24) is 14.3 Å². The van der Waals surface area contributed by atoms with E-state index in [0.717, 1.165) is 10.7 Å². The van der Waals surface area contributed by atoms with Gasteiger partial charge in [-0.1, -0.05) is 6.92 Å². The Hall–Kier alpha value is -0.380. The highest BCUT2D eigenvalue weighted by atomic mass is 32.2. The molecule has 1 fully saturated rings. The maximum absolute atomic E-state index is 12.0. The van der Waals surface area contributed by atoms with Gasteiger partial charge in [-0.2, -0.15) is 30.6 Å². The fraction of sp³-hybridized carbons (Fsp3) is 1.00. The molecule has 0 aromatic rings. The van der Waals surface area contributed by atoms with Crippen molar-refractivity contribution in [2.45, 2.75) is 32.0 Å². The second-order valence-corrected chi connectivity index (χ2v) is 5.95. The topological polar surface area (TPSA) is 61.4 Å². The molecule has 0 aliphatic carbocycles. The zero-order chi connectivity index (χ0) is 13.8. The fourth-order valence-corrected chi connectivity index (χ4v) is 3.15. The molecule has 1 unspecified atom stereocenters. The van der Waals surface area contributed by atoms with Crippen molar-refractivity contribution in [3.8, 4) is 0 Å². The van der Waals surface area contributed by atoms with Gasteiger partial charge in [-0.3, -0.25) is 0 Å². The predicted octanol–water partition coefficient (Wildman–Crippen LogP) is 0.457. The van der Waals surface area contributed by atoms with Crippen LogP contribution >= 0.6 is 0 Å². The van der Waals surface area contributed by atoms with Crippen molar-refractivity contribution < 1.29 is 21.6 Å². The number of hydrogen-bond donors (Lipinski definition) is 2. The molecule has 0 spiro atoms. The molecule has 0 aromatic carbocycles. The molecule has 18 heavy (non-hydrogen) atoms. The van der Waals surface area contributed by atoms with Crippen molar-refractivity contribution in [1.29, 1.82) is 0 Å². The standard InChI is InChI=1S/C9H18F3N3O2S/c1-2-13-8-4-3-5-15(6-8)18(16,17)14-7-9(10,11)12/h8,13-14H,2-7H2,1H3. The molecular formula is C9H18F3N3O2S. The zero-order valence-corrected chi connectivity index (χ0v) is 10.9. The molecule has 2 N–H and O–H groups in total. The summed E-state index contributed by atoms with van der Waals surface area (Å²) in [5.41, 5.74) is 0. The van der Waals surface area contributed by atoms with Gasteiger partial charge >= 0.3 is 6.18 Å². The van der Waals surface area contributed by atoms with Gasteiger partial charge < -0.3 is 5.32 Å². The first kappa shape index (κ1) is 15.7. The fourth-order valence-electron chi connectivity index (χ4n) is 1.88. The van der Waals surface area contributed by atoms with Crippen molar-refractivity contribution in [2.24, 2.45) is 0 Å². The maximum Gasteiger partial charge on any atom is 0.402 e. The lowest BCUT2D eigenvalue weighted by Gasteiger charge is -2.32. The van der Waals surface area contributed by atoms with Gasteiger partial charge in [0.25, 0.3) is 10.2 Å². The Morgan fingerprint density at radius 2 is 2.06 bits per heavy atom. The zero-order valence-electron chi connectivity index (χ0n) is 10.1. The number of piperidine rings is 1. The number of likely N-dealkylation sites (N-methyl/N-ethyl adjacent to an activating group) is 1. The summed E-state index contributed by atoms with van der Waals surface area (Å²) in [4.78, 5) is 0. The molecular weight excluding hydrogens is 271 g/mol. The summed E-state index contributed by atoms with van der Waals surface area (Å²) in [7, 11) is -4.04. The van der Waals surface area contributed by atoms with Crippen molar-refractivity contribution >= 4 is 10.2 Å². The molecule has 1 aliphatic heterocycles. The Kier molecular flexibility index (Phi) is 5.38. The summed E-state index contributed by atoms with van der Waals surface area (Å²) in [6.45, 7) is 1.54. The number of rotatable bonds is 5. The van der Waals surface area contributed by atoms with Crippen molar-refractivity contribution in [3.05, 3.63) is 0 Å². The lowest BCUT2D eigenvalue weighted by Crippen LogP contribution is -2.52. The minimum atomic E-state index is -4.54. The van der Waals surface area contributed by atoms with Crippen LogP contribution in [0.15, 0.2) is 0 Å². The highest BCUT2D eigenvalue weighted by Crippen LogP contribution is 2.16. The summed E-state index contributed by atoms with van der Waals surface area (Å²) in [5.74, 6) is 0. The molecule has 1 aliphatic rings. The first-order valence-corrected chi connectivity index (χ1v) is 7.23. The van der Waals surface area contributed by atoms with Gasteiger partial charge in [0, 0.05) is 19.1 Å². The molecule has 0 amide bonds. The Bertz CT molecular complexity index is 357. The van der Waals surface area contributed by atoms with E-state index in [1.54, 1.807) is 4.72 Å². The van der Waals surface area contributed by atoms with Crippen LogP contribution in [0.4, 0.5) is 13.2 Å². The van der Waals surface area contributed by atoms with Crippen molar-refractivity contribution in [3.63, 3.8) is 0 Å². The van der Waals surface area contributed by atoms with Gasteiger partial charge in [0.1, 0.15) is 6.54 Å². The Labute approximate surface area is 105 Å². The quantitative estimate of drug-likeness (QED) is 0.773. The molecule has 1 atom stereocenters. The van der Waals surface area contributed by atoms with Gasteiger partial charge in [-0.15, -0.1) is 0 Å². The lowest BCUT2D eigenvalue weighted by atomic mass is 10.1. The SMILES string of the molecule is CCNC1CCCN(S(=O)(=O)NCC(F)(F)F)C1. The Balaban J connectivity index is 2.56. The molecule has 0 bridgehead atoms. The highest BCUT2D eigenvalue weighted by Gasteiger charge is 2.33. The van der Waals surface area contributed by atoms with Gasteiger partial charge in [0.2, 0.25) is 0 Å². The van der Waals surface area contributed by atoms with Crippen LogP contribution in [0.25, 0.3) is 0 Å². The Morgan fingerprint density at radius 1 is 1.39 bits per heavy atom. The van der Waals surface area contributed by atoms with Crippen LogP contribution in [0.5, 0.6) is 0 Å². The second kappa shape index (κ2) is 6.18. The Morgan fingerprint density at radius 3 is 2.61 bits per heavy atom. The van der Waals surface area contributed by atoms with E-state index in [1.165, 1.54) is 0 Å². The molecule has 0 aromatic heterocycles. The smallest absolute Gasteiger partial charge is 0.313 e. The van der Waals surface area contributed by atoms with Crippen LogP contribution in [0, 0.1) is 0 Å². The molecule has 0 radical (unpaired) electrons. The van der Waals surface area contributed by atoms with E-state index in [0.29, 0.717) is 13.0 Å². The number of alkyl halides is 3. The second-order valence-electron chi connectivity index (χ2n) is 4.20. The first-order chi connectivity index (χ1) is 8.24. The molecule has 5 nitrogen and oxygen atoms in total. The molecule has 0 saturated carbocycles. The normalized spacial score (nSPS) is 23.2. The van der Waals surface area contributed by atoms with Gasteiger partial charge in [-0.25, -0.2) is 0 Å². The minimum Gasteiger partial charge on any atom is -0.313 e. The molecule has 1 saturated heterocycles. The van der Waals surface area contributed by atoms with Crippen LogP contribution < -0.4 is 10.0 Å². The summed E-state index contributed by atoms with van der Waals surface area (Å²) >= 11 is 0. The summed E-state index contributed by atoms with van der Waals surface area (Å²) in [6, 6.07) is 0.00575. The monoisotopic (exact) mass is 289 g/mol. The van der Waals surface area contributed by atoms with E-state index in [-0.39, 0.29) is 19.1 Å². The third-order valence-corrected chi connectivity index (χ3v) is 4.19. The summed E-state index contributed by atoms with van der Waals surface area (Å²) < 4.78 is 62.0. The third-order valence-electron chi connectivity index (χ3n) is 2.67. The van der Waals surface area contributed by atoms with Gasteiger partial charge in [0.05, 0.1) is 0 Å². The van der Waals surface area contributed by atoms with Gasteiger partial charge in [0.15, 0.2) is 0 Å². The predicted molar refractivity (Wildman–Crippen MR) is 61.2 cm³/mol. The molecule has 1 heterocycles. The number of halogens is 3. The van der Waals surface area contributed by atoms with Crippen molar-refractivity contribution in [2.75, 3.05) is 26.2 Å². The van der Waals surface area contributed by atoms with Crippen LogP contribution in [0.1, 0.15) is 19.8 Å². The average Bonchev–Trinajstić information content (AvgIpc) is 2.27. The van der Waals surface area contributed by atoms with Crippen LogP contribution in [-0.2, 0) is 10.2 Å². The van der Waals surface area contributed by atoms with Crippen LogP contribution in [-0.4, -0.2) is 51.1 Å². The van der Waals surface area contributed by atoms with E-state index in [1.807, 2.05) is 6.92 Å². The minimum absolute atomic E-state index is 0.00575. The highest BCUT2D eigenvalue weighted by molar-refractivity contribution is 7.87. The lowest BCUT2D eigenvalue weighted by molar-refractivity contribution is -0.121. The van der Waals surface area contributed by atoms with E-state index in [2.05, 4.69) is 5.32 Å². The summed E-state index contributed by atoms with van der Waals surface area (Å²) in [5, 5.41) is 3.10. The molecule has 1 rings (SSSR count). The number of nitrogens with zero attached hydrogens (tertiary/aromatic N) is 1. The van der Waals surface area contributed by atoms with Crippen LogP contribution in [0.2, 0.25) is 0 Å². The van der Waals surface area contributed by atoms with E-state index in [9.17, 15) is 21.6 Å². The maximum atomic E-state index is 12.0. The van der Waals surface area contributed by atoms with E-state index in [4.69, 9.17) is 0 Å². The van der Waals surface area contributed by atoms with E-state index < -0.39 is 22.9 Å². The third kappa shape index (κ3) is 5.09. The summed E-state index contributed by atoms with van der Waals surface area (Å²) in [6.07, 6.45) is -3.06. The number of hydrogen-bond acceptors (Lipinski definition) is 3. The number of nitrogens with one attached hydrogen (secondary N) is 2. The first-order valence-electron chi connectivity index (χ1n) is 5.79. The molecule has 9 heteroatoms. The van der Waals surface area contributed by atoms with E-state index >= 15 is 0 Å². The average molecular weight is 289 g/mol. The largest absolute Gasteiger partial charge is 0.402 e. The van der Waals surface area contributed by atoms with Crippen LogP contribution in [0.3, 0.4) is 0 Å². The van der Waals surface area contributed by atoms with Gasteiger partial charge in [-0.05, 0) is 19.4 Å². The molecule has 108 valence electrons.